The minimum atomic E-state index is -0.260. The van der Waals surface area contributed by atoms with Crippen molar-refractivity contribution in [2.75, 3.05) is 40.0 Å². The van der Waals surface area contributed by atoms with Crippen LogP contribution in [0.5, 0.6) is 0 Å². The van der Waals surface area contributed by atoms with Gasteiger partial charge < -0.3 is 14.6 Å². The van der Waals surface area contributed by atoms with Gasteiger partial charge in [0.1, 0.15) is 0 Å². The van der Waals surface area contributed by atoms with Crippen LogP contribution < -0.4 is 0 Å². The van der Waals surface area contributed by atoms with E-state index in [2.05, 4.69) is 18.7 Å². The molecule has 0 bridgehead atoms. The molecule has 0 amide bonds. The van der Waals surface area contributed by atoms with Crippen molar-refractivity contribution in [1.82, 2.24) is 4.90 Å². The van der Waals surface area contributed by atoms with Crippen molar-refractivity contribution in [1.29, 1.82) is 0 Å². The number of nitrogens with zero attached hydrogens (tertiary/aromatic N) is 1. The molecule has 4 heteroatoms. The summed E-state index contributed by atoms with van der Waals surface area (Å²) in [5.41, 5.74) is 0. The first-order valence-electron chi connectivity index (χ1n) is 6.14. The van der Waals surface area contributed by atoms with Gasteiger partial charge in [0.15, 0.2) is 0 Å². The van der Waals surface area contributed by atoms with Crippen LogP contribution in [0.4, 0.5) is 0 Å². The van der Waals surface area contributed by atoms with Crippen LogP contribution in [0.25, 0.3) is 0 Å². The first kappa shape index (κ1) is 13.9. The van der Waals surface area contributed by atoms with Crippen LogP contribution in [0.2, 0.25) is 0 Å². The van der Waals surface area contributed by atoms with Crippen LogP contribution in [0.1, 0.15) is 20.3 Å². The molecule has 1 N–H and O–H groups in total. The quantitative estimate of drug-likeness (QED) is 0.732. The van der Waals surface area contributed by atoms with Crippen LogP contribution in [-0.4, -0.2) is 62.2 Å². The van der Waals surface area contributed by atoms with Gasteiger partial charge in [0.05, 0.1) is 25.4 Å². The summed E-state index contributed by atoms with van der Waals surface area (Å²) in [6.45, 7) is 8.24. The molecule has 16 heavy (non-hydrogen) atoms. The Kier molecular flexibility index (Phi) is 6.28. The van der Waals surface area contributed by atoms with E-state index < -0.39 is 0 Å². The van der Waals surface area contributed by atoms with E-state index in [0.29, 0.717) is 25.7 Å². The number of methoxy groups -OCH3 is 1. The van der Waals surface area contributed by atoms with E-state index in [0.717, 1.165) is 19.5 Å². The van der Waals surface area contributed by atoms with Crippen LogP contribution in [0, 0.1) is 5.92 Å². The molecule has 2 unspecified atom stereocenters. The lowest BCUT2D eigenvalue weighted by molar-refractivity contribution is -0.0679. The largest absolute Gasteiger partial charge is 0.391 e. The first-order chi connectivity index (χ1) is 7.65. The summed E-state index contributed by atoms with van der Waals surface area (Å²) in [5, 5.41) is 9.99. The van der Waals surface area contributed by atoms with Crippen molar-refractivity contribution in [2.24, 2.45) is 5.92 Å². The van der Waals surface area contributed by atoms with Gasteiger partial charge in [-0.2, -0.15) is 0 Å². The van der Waals surface area contributed by atoms with E-state index in [1.165, 1.54) is 0 Å². The Morgan fingerprint density at radius 3 is 2.81 bits per heavy atom. The van der Waals surface area contributed by atoms with Gasteiger partial charge in [-0.1, -0.05) is 13.8 Å². The number of hydrogen-bond donors (Lipinski definition) is 1. The first-order valence-corrected chi connectivity index (χ1v) is 6.14. The summed E-state index contributed by atoms with van der Waals surface area (Å²) in [4.78, 5) is 2.29. The zero-order valence-electron chi connectivity index (χ0n) is 10.7. The molecule has 0 aromatic carbocycles. The Hall–Kier alpha value is -0.160. The molecule has 0 aromatic rings. The molecule has 1 saturated heterocycles. The zero-order chi connectivity index (χ0) is 12.0. The molecule has 1 heterocycles. The van der Waals surface area contributed by atoms with Crippen molar-refractivity contribution in [3.63, 3.8) is 0 Å². The lowest BCUT2D eigenvalue weighted by Crippen LogP contribution is -2.51. The predicted octanol–water partition coefficient (Wildman–Crippen LogP) is 0.741. The number of ether oxygens (including phenoxy) is 2. The van der Waals surface area contributed by atoms with E-state index in [9.17, 15) is 5.11 Å². The molecule has 1 fully saturated rings. The molecule has 96 valence electrons. The van der Waals surface area contributed by atoms with Gasteiger partial charge in [0.25, 0.3) is 0 Å². The fraction of sp³-hybridized carbons (Fsp3) is 1.00. The van der Waals surface area contributed by atoms with Gasteiger partial charge in [-0.3, -0.25) is 4.90 Å². The highest BCUT2D eigenvalue weighted by atomic mass is 16.5. The van der Waals surface area contributed by atoms with Crippen LogP contribution >= 0.6 is 0 Å². The molecule has 1 aliphatic heterocycles. The third-order valence-corrected chi connectivity index (χ3v) is 2.94. The average Bonchev–Trinajstić information content (AvgIpc) is 2.24. The van der Waals surface area contributed by atoms with Gasteiger partial charge in [-0.25, -0.2) is 0 Å². The van der Waals surface area contributed by atoms with Crippen LogP contribution in [-0.2, 0) is 9.47 Å². The second-order valence-electron chi connectivity index (χ2n) is 4.88. The normalized spacial score (nSPS) is 26.6. The number of hydrogen-bond acceptors (Lipinski definition) is 4. The maximum absolute atomic E-state index is 9.99. The Labute approximate surface area is 98.5 Å². The maximum atomic E-state index is 9.99. The molecule has 4 nitrogen and oxygen atoms in total. The molecule has 0 spiro atoms. The summed E-state index contributed by atoms with van der Waals surface area (Å²) in [6.07, 6.45) is 0.482. The number of aliphatic hydroxyl groups excluding tert-OH is 1. The smallest absolute Gasteiger partial charge is 0.0739 e. The van der Waals surface area contributed by atoms with Gasteiger partial charge >= 0.3 is 0 Å². The van der Waals surface area contributed by atoms with Crippen molar-refractivity contribution in [3.05, 3.63) is 0 Å². The molecule has 0 aliphatic carbocycles. The standard InChI is InChI=1S/C12H25NO3/c1-10(2)8-13(5-7-15-3)11-9-16-6-4-12(11)14/h10-12,14H,4-9H2,1-3H3. The van der Waals surface area contributed by atoms with Gasteiger partial charge in [-0.15, -0.1) is 0 Å². The lowest BCUT2D eigenvalue weighted by Gasteiger charge is -2.38. The second-order valence-corrected chi connectivity index (χ2v) is 4.88. The zero-order valence-corrected chi connectivity index (χ0v) is 10.7. The van der Waals surface area contributed by atoms with Gasteiger partial charge in [0, 0.05) is 26.8 Å². The third kappa shape index (κ3) is 4.37. The monoisotopic (exact) mass is 231 g/mol. The lowest BCUT2D eigenvalue weighted by atomic mass is 10.0. The number of aliphatic hydroxyl groups is 1. The Morgan fingerprint density at radius 1 is 1.50 bits per heavy atom. The highest BCUT2D eigenvalue weighted by Crippen LogP contribution is 2.15. The molecule has 0 saturated carbocycles. The van der Waals surface area contributed by atoms with Gasteiger partial charge in [0.2, 0.25) is 0 Å². The van der Waals surface area contributed by atoms with Crippen molar-refractivity contribution in [2.45, 2.75) is 32.4 Å². The summed E-state index contributed by atoms with van der Waals surface area (Å²) in [7, 11) is 1.71. The fourth-order valence-electron chi connectivity index (χ4n) is 2.13. The van der Waals surface area contributed by atoms with Crippen LogP contribution in [0.3, 0.4) is 0 Å². The SMILES string of the molecule is COCCN(CC(C)C)C1COCCC1O. The summed E-state index contributed by atoms with van der Waals surface area (Å²) < 4.78 is 10.6. The minimum Gasteiger partial charge on any atom is -0.391 e. The Morgan fingerprint density at radius 2 is 2.25 bits per heavy atom. The molecule has 0 aromatic heterocycles. The average molecular weight is 231 g/mol. The fourth-order valence-corrected chi connectivity index (χ4v) is 2.13. The molecule has 0 radical (unpaired) electrons. The van der Waals surface area contributed by atoms with Crippen molar-refractivity contribution < 1.29 is 14.6 Å². The molecular formula is C12H25NO3. The van der Waals surface area contributed by atoms with Crippen molar-refractivity contribution in [3.8, 4) is 0 Å². The summed E-state index contributed by atoms with van der Waals surface area (Å²) in [5.74, 6) is 0.589. The van der Waals surface area contributed by atoms with E-state index in [1.807, 2.05) is 0 Å². The molecule has 2 atom stereocenters. The van der Waals surface area contributed by atoms with E-state index in [4.69, 9.17) is 9.47 Å². The van der Waals surface area contributed by atoms with Gasteiger partial charge in [-0.05, 0) is 12.3 Å². The van der Waals surface area contributed by atoms with Crippen molar-refractivity contribution >= 4 is 0 Å². The second kappa shape index (κ2) is 7.22. The topological polar surface area (TPSA) is 41.9 Å². The highest BCUT2D eigenvalue weighted by Gasteiger charge is 2.29. The molecular weight excluding hydrogens is 206 g/mol. The van der Waals surface area contributed by atoms with E-state index >= 15 is 0 Å². The minimum absolute atomic E-state index is 0.131. The molecule has 1 rings (SSSR count). The third-order valence-electron chi connectivity index (χ3n) is 2.94. The predicted molar refractivity (Wildman–Crippen MR) is 63.5 cm³/mol. The van der Waals surface area contributed by atoms with Crippen LogP contribution in [0.15, 0.2) is 0 Å². The Balaban J connectivity index is 2.50. The highest BCUT2D eigenvalue weighted by molar-refractivity contribution is 4.82. The molecule has 1 aliphatic rings. The Bertz CT molecular complexity index is 187. The summed E-state index contributed by atoms with van der Waals surface area (Å²) >= 11 is 0. The summed E-state index contributed by atoms with van der Waals surface area (Å²) in [6, 6.07) is 0.131. The number of rotatable bonds is 6. The van der Waals surface area contributed by atoms with E-state index in [1.54, 1.807) is 7.11 Å². The van der Waals surface area contributed by atoms with E-state index in [-0.39, 0.29) is 12.1 Å². The maximum Gasteiger partial charge on any atom is 0.0739 e.